The van der Waals surface area contributed by atoms with E-state index < -0.39 is 0 Å². The molecule has 0 aliphatic carbocycles. The van der Waals surface area contributed by atoms with Crippen LogP contribution < -0.4 is 14.2 Å². The lowest BCUT2D eigenvalue weighted by Crippen LogP contribution is -1.98. The molecule has 0 fully saturated rings. The summed E-state index contributed by atoms with van der Waals surface area (Å²) in [6.07, 6.45) is 0. The normalized spacial score (nSPS) is 10.2. The van der Waals surface area contributed by atoms with Crippen LogP contribution in [0.5, 0.6) is 17.2 Å². The molecule has 0 atom stereocenters. The fourth-order valence-electron chi connectivity index (χ4n) is 2.42. The molecule has 0 aliphatic rings. The maximum absolute atomic E-state index is 5.54. The molecule has 0 radical (unpaired) electrons. The molecule has 0 aromatic heterocycles. The van der Waals surface area contributed by atoms with Crippen LogP contribution in [-0.4, -0.2) is 21.3 Å². The van der Waals surface area contributed by atoms with Crippen LogP contribution in [0.4, 0.5) is 0 Å². The highest BCUT2D eigenvalue weighted by molar-refractivity contribution is 5.83. The zero-order chi connectivity index (χ0) is 14.7. The van der Waals surface area contributed by atoms with Gasteiger partial charge in [0.25, 0.3) is 0 Å². The third-order valence-corrected chi connectivity index (χ3v) is 3.35. The van der Waals surface area contributed by atoms with Gasteiger partial charge >= 0.3 is 0 Å². The molecule has 3 nitrogen and oxygen atoms in total. The molecule has 0 N–H and O–H groups in total. The van der Waals surface area contributed by atoms with Crippen molar-refractivity contribution < 1.29 is 14.2 Å². The van der Waals surface area contributed by atoms with E-state index in [1.165, 1.54) is 0 Å². The number of hydrogen-bond donors (Lipinski definition) is 0. The monoisotopic (exact) mass is 272 g/mol. The topological polar surface area (TPSA) is 27.7 Å². The van der Waals surface area contributed by atoms with Crippen molar-refractivity contribution in [3.63, 3.8) is 0 Å². The average molecular weight is 272 g/mol. The quantitative estimate of drug-likeness (QED) is 0.842. The number of rotatable bonds is 4. The van der Waals surface area contributed by atoms with E-state index in [2.05, 4.69) is 13.0 Å². The van der Waals surface area contributed by atoms with Gasteiger partial charge in [0.05, 0.1) is 26.9 Å². The SMILES string of the molecule is COc1cccc(C)c1-c1c(OC)cc(C)cc1OC. The van der Waals surface area contributed by atoms with Crippen molar-refractivity contribution in [1.29, 1.82) is 0 Å². The molecule has 0 aliphatic heterocycles. The van der Waals surface area contributed by atoms with Crippen molar-refractivity contribution in [2.75, 3.05) is 21.3 Å². The maximum Gasteiger partial charge on any atom is 0.130 e. The Morgan fingerprint density at radius 1 is 0.700 bits per heavy atom. The highest BCUT2D eigenvalue weighted by Gasteiger charge is 2.19. The van der Waals surface area contributed by atoms with Crippen LogP contribution in [0.25, 0.3) is 11.1 Å². The minimum atomic E-state index is 0.787. The fourth-order valence-corrected chi connectivity index (χ4v) is 2.42. The van der Waals surface area contributed by atoms with Gasteiger partial charge in [-0.15, -0.1) is 0 Å². The van der Waals surface area contributed by atoms with Gasteiger partial charge in [-0.1, -0.05) is 12.1 Å². The third-order valence-electron chi connectivity index (χ3n) is 3.35. The molecule has 3 heteroatoms. The van der Waals surface area contributed by atoms with E-state index in [0.29, 0.717) is 0 Å². The highest BCUT2D eigenvalue weighted by Crippen LogP contribution is 2.45. The first-order chi connectivity index (χ1) is 9.62. The van der Waals surface area contributed by atoms with Gasteiger partial charge in [-0.2, -0.15) is 0 Å². The van der Waals surface area contributed by atoms with Gasteiger partial charge in [-0.25, -0.2) is 0 Å². The molecule has 0 saturated carbocycles. The Bertz CT molecular complexity index is 593. The van der Waals surface area contributed by atoms with Crippen LogP contribution in [0.3, 0.4) is 0 Å². The smallest absolute Gasteiger partial charge is 0.130 e. The van der Waals surface area contributed by atoms with E-state index in [-0.39, 0.29) is 0 Å². The van der Waals surface area contributed by atoms with E-state index in [9.17, 15) is 0 Å². The Kier molecular flexibility index (Phi) is 4.18. The van der Waals surface area contributed by atoms with Crippen molar-refractivity contribution in [3.05, 3.63) is 41.5 Å². The van der Waals surface area contributed by atoms with Gasteiger partial charge in [0.2, 0.25) is 0 Å². The molecule has 0 spiro atoms. The summed E-state index contributed by atoms with van der Waals surface area (Å²) in [5.74, 6) is 2.38. The van der Waals surface area contributed by atoms with Crippen LogP contribution in [0.15, 0.2) is 30.3 Å². The molecule has 2 rings (SSSR count). The molecular weight excluding hydrogens is 252 g/mol. The Morgan fingerprint density at radius 2 is 1.25 bits per heavy atom. The Labute approximate surface area is 120 Å². The van der Waals surface area contributed by atoms with Crippen LogP contribution in [0.1, 0.15) is 11.1 Å². The molecule has 0 bridgehead atoms. The predicted molar refractivity (Wildman–Crippen MR) is 81.0 cm³/mol. The Balaban J connectivity index is 2.81. The second kappa shape index (κ2) is 5.87. The largest absolute Gasteiger partial charge is 0.496 e. The van der Waals surface area contributed by atoms with E-state index >= 15 is 0 Å². The number of aryl methyl sites for hydroxylation is 2. The Morgan fingerprint density at radius 3 is 1.75 bits per heavy atom. The van der Waals surface area contributed by atoms with Crippen LogP contribution in [0.2, 0.25) is 0 Å². The summed E-state index contributed by atoms with van der Waals surface area (Å²) < 4.78 is 16.6. The van der Waals surface area contributed by atoms with Crippen LogP contribution in [-0.2, 0) is 0 Å². The number of benzene rings is 2. The minimum Gasteiger partial charge on any atom is -0.496 e. The van der Waals surface area contributed by atoms with Crippen LogP contribution >= 0.6 is 0 Å². The van der Waals surface area contributed by atoms with Crippen LogP contribution in [0, 0.1) is 13.8 Å². The maximum atomic E-state index is 5.54. The summed E-state index contributed by atoms with van der Waals surface area (Å²) in [5.41, 5.74) is 4.14. The zero-order valence-corrected chi connectivity index (χ0v) is 12.6. The molecule has 2 aromatic rings. The summed E-state index contributed by atoms with van der Waals surface area (Å²) in [6.45, 7) is 4.07. The van der Waals surface area contributed by atoms with Gasteiger partial charge in [0.15, 0.2) is 0 Å². The first-order valence-electron chi connectivity index (χ1n) is 6.49. The molecule has 0 heterocycles. The minimum absolute atomic E-state index is 0.787. The van der Waals surface area contributed by atoms with Crippen molar-refractivity contribution in [2.24, 2.45) is 0 Å². The summed E-state index contributed by atoms with van der Waals surface area (Å²) >= 11 is 0. The molecular formula is C17H20O3. The molecule has 0 saturated heterocycles. The average Bonchev–Trinajstić information content (AvgIpc) is 2.46. The van der Waals surface area contributed by atoms with Crippen molar-refractivity contribution in [2.45, 2.75) is 13.8 Å². The van der Waals surface area contributed by atoms with Gasteiger partial charge < -0.3 is 14.2 Å². The lowest BCUT2D eigenvalue weighted by molar-refractivity contribution is 0.393. The van der Waals surface area contributed by atoms with Crippen molar-refractivity contribution in [1.82, 2.24) is 0 Å². The molecule has 0 unspecified atom stereocenters. The Hall–Kier alpha value is -2.16. The summed E-state index contributed by atoms with van der Waals surface area (Å²) in [5, 5.41) is 0. The summed E-state index contributed by atoms with van der Waals surface area (Å²) in [6, 6.07) is 9.98. The standard InChI is InChI=1S/C17H20O3/c1-11-9-14(19-4)17(15(10-11)20-5)16-12(2)7-6-8-13(16)18-3/h6-10H,1-5H3. The summed E-state index contributed by atoms with van der Waals surface area (Å²) in [7, 11) is 5.01. The first-order valence-corrected chi connectivity index (χ1v) is 6.49. The first kappa shape index (κ1) is 14.3. The molecule has 106 valence electrons. The molecule has 20 heavy (non-hydrogen) atoms. The van der Waals surface area contributed by atoms with Gasteiger partial charge in [0, 0.05) is 5.56 Å². The van der Waals surface area contributed by atoms with Gasteiger partial charge in [-0.3, -0.25) is 0 Å². The lowest BCUT2D eigenvalue weighted by Gasteiger charge is -2.18. The molecule has 2 aromatic carbocycles. The summed E-state index contributed by atoms with van der Waals surface area (Å²) in [4.78, 5) is 0. The van der Waals surface area contributed by atoms with Crippen molar-refractivity contribution >= 4 is 0 Å². The second-order valence-corrected chi connectivity index (χ2v) is 4.70. The van der Waals surface area contributed by atoms with E-state index in [1.54, 1.807) is 21.3 Å². The number of ether oxygens (including phenoxy) is 3. The predicted octanol–water partition coefficient (Wildman–Crippen LogP) is 4.00. The van der Waals surface area contributed by atoms with E-state index in [4.69, 9.17) is 14.2 Å². The lowest BCUT2D eigenvalue weighted by atomic mass is 9.96. The van der Waals surface area contributed by atoms with Gasteiger partial charge in [-0.05, 0) is 43.2 Å². The number of hydrogen-bond acceptors (Lipinski definition) is 3. The number of methoxy groups -OCH3 is 3. The zero-order valence-electron chi connectivity index (χ0n) is 12.6. The highest BCUT2D eigenvalue weighted by atomic mass is 16.5. The fraction of sp³-hybridized carbons (Fsp3) is 0.294. The van der Waals surface area contributed by atoms with Gasteiger partial charge in [0.1, 0.15) is 17.2 Å². The van der Waals surface area contributed by atoms with Crippen molar-refractivity contribution in [3.8, 4) is 28.4 Å². The van der Waals surface area contributed by atoms with E-state index in [0.717, 1.165) is 39.5 Å². The second-order valence-electron chi connectivity index (χ2n) is 4.70. The van der Waals surface area contributed by atoms with E-state index in [1.807, 2.05) is 31.2 Å². The molecule has 0 amide bonds. The third kappa shape index (κ3) is 2.44.